The Morgan fingerprint density at radius 3 is 2.26 bits per heavy atom. The van der Waals surface area contributed by atoms with E-state index in [4.69, 9.17) is 5.11 Å². The van der Waals surface area contributed by atoms with Crippen LogP contribution < -0.4 is 0 Å². The van der Waals surface area contributed by atoms with E-state index in [0.29, 0.717) is 13.1 Å². The highest BCUT2D eigenvalue weighted by atomic mass is 16.4. The van der Waals surface area contributed by atoms with Gasteiger partial charge in [-0.25, -0.2) is 4.79 Å². The van der Waals surface area contributed by atoms with E-state index in [1.54, 1.807) is 6.08 Å². The molecule has 0 aliphatic carbocycles. The fraction of sp³-hybridized carbons (Fsp3) is 0.429. The Labute approximate surface area is 202 Å². The smallest absolute Gasteiger partial charge is 0.328 e. The molecule has 2 fully saturated rings. The Kier molecular flexibility index (Phi) is 7.80. The van der Waals surface area contributed by atoms with Crippen molar-refractivity contribution in [2.75, 3.05) is 26.2 Å². The van der Waals surface area contributed by atoms with E-state index in [9.17, 15) is 9.59 Å². The fourth-order valence-corrected chi connectivity index (χ4v) is 5.13. The quantitative estimate of drug-likeness (QED) is 0.629. The van der Waals surface area contributed by atoms with Gasteiger partial charge in [-0.3, -0.25) is 14.6 Å². The maximum Gasteiger partial charge on any atom is 0.328 e. The number of carbonyl (C=O) groups is 2. The van der Waals surface area contributed by atoms with Gasteiger partial charge in [-0.15, -0.1) is 0 Å². The number of aliphatic carboxylic acids is 1. The number of benzene rings is 2. The van der Waals surface area contributed by atoms with E-state index in [-0.39, 0.29) is 18.0 Å². The standard InChI is InChI=1S/C28H35N3O3/c1-21-17-30(28(34)26-7-5-6-25(16-26)19-29-14-3-4-15-29)18-22(2)31(21)20-24-10-8-23(9-11-24)12-13-27(32)33/h5-13,16,21-22H,3-4,14-15,17-20H2,1-2H3,(H,32,33)/t21-,22+. The number of amides is 1. The molecule has 6 nitrogen and oxygen atoms in total. The van der Waals surface area contributed by atoms with Gasteiger partial charge < -0.3 is 10.0 Å². The minimum atomic E-state index is -0.947. The van der Waals surface area contributed by atoms with Crippen LogP contribution in [0.1, 0.15) is 53.7 Å². The maximum absolute atomic E-state index is 13.3. The minimum Gasteiger partial charge on any atom is -0.478 e. The Morgan fingerprint density at radius 1 is 0.941 bits per heavy atom. The average Bonchev–Trinajstić information content (AvgIpc) is 3.33. The van der Waals surface area contributed by atoms with Crippen LogP contribution in [0.3, 0.4) is 0 Å². The summed E-state index contributed by atoms with van der Waals surface area (Å²) in [6, 6.07) is 16.6. The van der Waals surface area contributed by atoms with E-state index >= 15 is 0 Å². The van der Waals surface area contributed by atoms with Crippen LogP contribution in [0.4, 0.5) is 0 Å². The van der Waals surface area contributed by atoms with E-state index in [1.165, 1.54) is 24.0 Å². The normalized spacial score (nSPS) is 21.9. The summed E-state index contributed by atoms with van der Waals surface area (Å²) in [6.07, 6.45) is 5.29. The Morgan fingerprint density at radius 2 is 1.62 bits per heavy atom. The molecule has 0 saturated carbocycles. The van der Waals surface area contributed by atoms with Crippen molar-refractivity contribution in [1.82, 2.24) is 14.7 Å². The van der Waals surface area contributed by atoms with Gasteiger partial charge in [-0.1, -0.05) is 36.4 Å². The number of hydrogen-bond donors (Lipinski definition) is 1. The summed E-state index contributed by atoms with van der Waals surface area (Å²) < 4.78 is 0. The fourth-order valence-electron chi connectivity index (χ4n) is 5.13. The number of carboxylic acid groups (broad SMARTS) is 1. The molecule has 0 radical (unpaired) electrons. The SMILES string of the molecule is C[C@@H]1CN(C(=O)c2cccc(CN3CCCC3)c2)C[C@H](C)N1Cc1ccc(C=CC(=O)O)cc1. The molecular formula is C28H35N3O3. The molecule has 0 bridgehead atoms. The Hall–Kier alpha value is -2.96. The maximum atomic E-state index is 13.3. The van der Waals surface area contributed by atoms with Gasteiger partial charge in [0.1, 0.15) is 0 Å². The highest BCUT2D eigenvalue weighted by Gasteiger charge is 2.32. The molecule has 2 atom stereocenters. The predicted octanol–water partition coefficient (Wildman–Crippen LogP) is 4.12. The second-order valence-corrected chi connectivity index (χ2v) is 9.68. The summed E-state index contributed by atoms with van der Waals surface area (Å²) in [5.74, 6) is -0.825. The number of piperazine rings is 1. The van der Waals surface area contributed by atoms with Crippen LogP contribution in [0.2, 0.25) is 0 Å². The van der Waals surface area contributed by atoms with Crippen LogP contribution >= 0.6 is 0 Å². The van der Waals surface area contributed by atoms with Gasteiger partial charge >= 0.3 is 5.97 Å². The zero-order chi connectivity index (χ0) is 24.1. The van der Waals surface area contributed by atoms with Crippen molar-refractivity contribution >= 4 is 18.0 Å². The molecule has 2 heterocycles. The average molecular weight is 462 g/mol. The molecule has 0 aromatic heterocycles. The lowest BCUT2D eigenvalue weighted by molar-refractivity contribution is -0.131. The monoisotopic (exact) mass is 461 g/mol. The lowest BCUT2D eigenvalue weighted by Gasteiger charge is -2.44. The van der Waals surface area contributed by atoms with E-state index in [2.05, 4.69) is 35.8 Å². The third kappa shape index (κ3) is 6.13. The van der Waals surface area contributed by atoms with Gasteiger partial charge in [0, 0.05) is 49.9 Å². The van der Waals surface area contributed by atoms with Crippen LogP contribution in [-0.2, 0) is 17.9 Å². The summed E-state index contributed by atoms with van der Waals surface area (Å²) in [5, 5.41) is 8.78. The minimum absolute atomic E-state index is 0.121. The second-order valence-electron chi connectivity index (χ2n) is 9.68. The molecule has 2 aromatic rings. The first-order valence-corrected chi connectivity index (χ1v) is 12.3. The summed E-state index contributed by atoms with van der Waals surface area (Å²) >= 11 is 0. The van der Waals surface area contributed by atoms with Crippen LogP contribution in [0, 0.1) is 0 Å². The van der Waals surface area contributed by atoms with Crippen molar-refractivity contribution in [3.8, 4) is 0 Å². The third-order valence-electron chi connectivity index (χ3n) is 6.93. The Bertz CT molecular complexity index is 1020. The van der Waals surface area contributed by atoms with Gasteiger partial charge in [0.05, 0.1) is 0 Å². The van der Waals surface area contributed by atoms with Crippen molar-refractivity contribution in [3.63, 3.8) is 0 Å². The third-order valence-corrected chi connectivity index (χ3v) is 6.93. The van der Waals surface area contributed by atoms with E-state index < -0.39 is 5.97 Å². The van der Waals surface area contributed by atoms with Gasteiger partial charge in [0.15, 0.2) is 0 Å². The number of hydrogen-bond acceptors (Lipinski definition) is 4. The first-order valence-electron chi connectivity index (χ1n) is 12.3. The molecule has 6 heteroatoms. The van der Waals surface area contributed by atoms with Gasteiger partial charge in [0.2, 0.25) is 0 Å². The van der Waals surface area contributed by atoms with Gasteiger partial charge in [-0.2, -0.15) is 0 Å². The van der Waals surface area contributed by atoms with E-state index in [0.717, 1.165) is 43.4 Å². The number of likely N-dealkylation sites (tertiary alicyclic amines) is 1. The van der Waals surface area contributed by atoms with Crippen molar-refractivity contribution in [2.24, 2.45) is 0 Å². The van der Waals surface area contributed by atoms with Crippen LogP contribution in [0.15, 0.2) is 54.6 Å². The largest absolute Gasteiger partial charge is 0.478 e. The molecule has 2 aliphatic heterocycles. The van der Waals surface area contributed by atoms with Crippen molar-refractivity contribution in [1.29, 1.82) is 0 Å². The number of nitrogens with zero attached hydrogens (tertiary/aromatic N) is 3. The van der Waals surface area contributed by atoms with Gasteiger partial charge in [0.25, 0.3) is 5.91 Å². The number of carbonyl (C=O) groups excluding carboxylic acids is 1. The summed E-state index contributed by atoms with van der Waals surface area (Å²) in [7, 11) is 0. The Balaban J connectivity index is 1.37. The lowest BCUT2D eigenvalue weighted by Crippen LogP contribution is -2.57. The molecule has 2 saturated heterocycles. The van der Waals surface area contributed by atoms with Crippen molar-refractivity contribution in [3.05, 3.63) is 76.9 Å². The zero-order valence-corrected chi connectivity index (χ0v) is 20.2. The zero-order valence-electron chi connectivity index (χ0n) is 20.2. The lowest BCUT2D eigenvalue weighted by atomic mass is 10.0. The number of carboxylic acids is 1. The van der Waals surface area contributed by atoms with Crippen LogP contribution in [-0.4, -0.2) is 69.9 Å². The predicted molar refractivity (Wildman–Crippen MR) is 134 cm³/mol. The molecule has 0 unspecified atom stereocenters. The molecule has 34 heavy (non-hydrogen) atoms. The summed E-state index contributed by atoms with van der Waals surface area (Å²) in [5.41, 5.74) is 4.05. The molecule has 0 spiro atoms. The summed E-state index contributed by atoms with van der Waals surface area (Å²) in [6.45, 7) is 9.81. The first-order chi connectivity index (χ1) is 16.4. The molecular weight excluding hydrogens is 426 g/mol. The molecule has 2 aliphatic rings. The van der Waals surface area contributed by atoms with E-state index in [1.807, 2.05) is 41.3 Å². The molecule has 1 N–H and O–H groups in total. The van der Waals surface area contributed by atoms with Gasteiger partial charge in [-0.05, 0) is 74.7 Å². The van der Waals surface area contributed by atoms with Crippen LogP contribution in [0.25, 0.3) is 6.08 Å². The van der Waals surface area contributed by atoms with Crippen molar-refractivity contribution < 1.29 is 14.7 Å². The highest BCUT2D eigenvalue weighted by Crippen LogP contribution is 2.22. The highest BCUT2D eigenvalue weighted by molar-refractivity contribution is 5.94. The molecule has 180 valence electrons. The summed E-state index contributed by atoms with van der Waals surface area (Å²) in [4.78, 5) is 30.9. The van der Waals surface area contributed by atoms with Crippen molar-refractivity contribution in [2.45, 2.75) is 51.9 Å². The molecule has 1 amide bonds. The van der Waals surface area contributed by atoms with Crippen LogP contribution in [0.5, 0.6) is 0 Å². The molecule has 2 aromatic carbocycles. The number of rotatable bonds is 7. The molecule has 4 rings (SSSR count). The second kappa shape index (κ2) is 11.0. The topological polar surface area (TPSA) is 64.1 Å². The first kappa shape index (κ1) is 24.2.